The maximum atomic E-state index is 12.6. The van der Waals surface area contributed by atoms with Crippen LogP contribution in [0.5, 0.6) is 0 Å². The van der Waals surface area contributed by atoms with Gasteiger partial charge in [0.2, 0.25) is 5.91 Å². The molecule has 69 heavy (non-hydrogen) atoms. The fraction of sp³-hybridized carbons (Fsp3) is 0.953. The molecule has 4 N–H and O–H groups in total. The summed E-state index contributed by atoms with van der Waals surface area (Å²) in [5.41, 5.74) is 0. The molecular formula is C64H127NO4. The predicted molar refractivity (Wildman–Crippen MR) is 305 cm³/mol. The van der Waals surface area contributed by atoms with Gasteiger partial charge in [0.15, 0.2) is 0 Å². The number of unbranched alkanes of at least 4 members (excludes halogenated alkanes) is 50. The second kappa shape index (κ2) is 59.7. The highest BCUT2D eigenvalue weighted by molar-refractivity contribution is 5.76. The lowest BCUT2D eigenvalue weighted by molar-refractivity contribution is -0.124. The Bertz CT molecular complexity index is 987. The average Bonchev–Trinajstić information content (AvgIpc) is 3.35. The molecule has 0 aromatic heterocycles. The number of carbonyl (C=O) groups excluding carboxylic acids is 1. The molecule has 0 radical (unpaired) electrons. The zero-order valence-corrected chi connectivity index (χ0v) is 47.2. The minimum atomic E-state index is -1.13. The molecular weight excluding hydrogens is 847 g/mol. The Kier molecular flexibility index (Phi) is 58.9. The van der Waals surface area contributed by atoms with E-state index < -0.39 is 18.2 Å². The smallest absolute Gasteiger partial charge is 0.220 e. The van der Waals surface area contributed by atoms with Crippen molar-refractivity contribution in [1.29, 1.82) is 0 Å². The van der Waals surface area contributed by atoms with E-state index in [2.05, 4.69) is 31.3 Å². The van der Waals surface area contributed by atoms with Crippen LogP contribution in [0.15, 0.2) is 12.2 Å². The number of rotatable bonds is 60. The molecule has 5 nitrogen and oxygen atoms in total. The summed E-state index contributed by atoms with van der Waals surface area (Å²) >= 11 is 0. The van der Waals surface area contributed by atoms with Gasteiger partial charge in [-0.3, -0.25) is 4.79 Å². The number of amides is 1. The molecule has 412 valence electrons. The van der Waals surface area contributed by atoms with Crippen LogP contribution in [-0.4, -0.2) is 46.1 Å². The molecule has 0 spiro atoms. The Balaban J connectivity index is 3.47. The first kappa shape index (κ1) is 68.1. The summed E-state index contributed by atoms with van der Waals surface area (Å²) in [4.78, 5) is 12.6. The third kappa shape index (κ3) is 54.7. The Labute approximate surface area is 433 Å². The summed E-state index contributed by atoms with van der Waals surface area (Å²) in [6.07, 6.45) is 75.4. The van der Waals surface area contributed by atoms with Crippen molar-refractivity contribution in [2.45, 2.75) is 385 Å². The molecule has 3 atom stereocenters. The Morgan fingerprint density at radius 3 is 0.841 bits per heavy atom. The molecule has 5 heteroatoms. The lowest BCUT2D eigenvalue weighted by Crippen LogP contribution is -2.50. The van der Waals surface area contributed by atoms with Gasteiger partial charge < -0.3 is 20.6 Å². The highest BCUT2D eigenvalue weighted by Gasteiger charge is 2.26. The van der Waals surface area contributed by atoms with Gasteiger partial charge in [-0.05, 0) is 38.5 Å². The average molecular weight is 975 g/mol. The first-order valence-corrected chi connectivity index (χ1v) is 32.0. The van der Waals surface area contributed by atoms with Crippen molar-refractivity contribution in [1.82, 2.24) is 5.32 Å². The second-order valence-corrected chi connectivity index (χ2v) is 22.3. The molecule has 1 amide bonds. The number of aliphatic hydroxyl groups is 3. The molecule has 0 aliphatic carbocycles. The topological polar surface area (TPSA) is 89.8 Å². The lowest BCUT2D eigenvalue weighted by atomic mass is 9.99. The van der Waals surface area contributed by atoms with Gasteiger partial charge in [0.1, 0.15) is 6.10 Å². The van der Waals surface area contributed by atoms with E-state index in [1.807, 2.05) is 0 Å². The van der Waals surface area contributed by atoms with Crippen LogP contribution in [0.1, 0.15) is 367 Å². The zero-order chi connectivity index (χ0) is 50.0. The third-order valence-electron chi connectivity index (χ3n) is 15.4. The molecule has 0 heterocycles. The number of hydrogen-bond donors (Lipinski definition) is 4. The van der Waals surface area contributed by atoms with Crippen LogP contribution in [0, 0.1) is 0 Å². The summed E-state index contributed by atoms with van der Waals surface area (Å²) in [6, 6.07) is -0.807. The van der Waals surface area contributed by atoms with E-state index in [9.17, 15) is 20.1 Å². The number of carbonyl (C=O) groups is 1. The Morgan fingerprint density at radius 2 is 0.580 bits per heavy atom. The van der Waals surface area contributed by atoms with Gasteiger partial charge in [-0.1, -0.05) is 334 Å². The minimum absolute atomic E-state index is 0.136. The van der Waals surface area contributed by atoms with Gasteiger partial charge in [0, 0.05) is 6.42 Å². The second-order valence-electron chi connectivity index (χ2n) is 22.3. The van der Waals surface area contributed by atoms with Crippen LogP contribution in [0.2, 0.25) is 0 Å². The van der Waals surface area contributed by atoms with Crippen LogP contribution in [0.25, 0.3) is 0 Å². The summed E-state index contributed by atoms with van der Waals surface area (Å²) in [7, 11) is 0. The van der Waals surface area contributed by atoms with E-state index in [-0.39, 0.29) is 12.5 Å². The predicted octanol–water partition coefficient (Wildman–Crippen LogP) is 20.2. The van der Waals surface area contributed by atoms with Crippen molar-refractivity contribution in [3.05, 3.63) is 12.2 Å². The van der Waals surface area contributed by atoms with Crippen LogP contribution in [0.4, 0.5) is 0 Å². The van der Waals surface area contributed by atoms with Crippen molar-refractivity contribution in [2.24, 2.45) is 0 Å². The Morgan fingerprint density at radius 1 is 0.348 bits per heavy atom. The summed E-state index contributed by atoms with van der Waals surface area (Å²) in [5.74, 6) is -0.136. The number of hydrogen-bond acceptors (Lipinski definition) is 4. The first-order chi connectivity index (χ1) is 34.1. The van der Waals surface area contributed by atoms with Gasteiger partial charge in [-0.2, -0.15) is 0 Å². The molecule has 0 saturated heterocycles. The van der Waals surface area contributed by atoms with Gasteiger partial charge in [-0.25, -0.2) is 0 Å². The highest BCUT2D eigenvalue weighted by Crippen LogP contribution is 2.19. The fourth-order valence-corrected chi connectivity index (χ4v) is 10.5. The number of allylic oxidation sites excluding steroid dienone is 2. The molecule has 0 aromatic rings. The molecule has 3 unspecified atom stereocenters. The van der Waals surface area contributed by atoms with E-state index in [1.165, 1.54) is 308 Å². The third-order valence-corrected chi connectivity index (χ3v) is 15.4. The van der Waals surface area contributed by atoms with Crippen molar-refractivity contribution >= 4 is 5.91 Å². The maximum absolute atomic E-state index is 12.6. The minimum Gasteiger partial charge on any atom is -0.394 e. The van der Waals surface area contributed by atoms with E-state index in [0.717, 1.165) is 32.1 Å². The van der Waals surface area contributed by atoms with Crippen LogP contribution in [-0.2, 0) is 4.79 Å². The fourth-order valence-electron chi connectivity index (χ4n) is 10.5. The number of nitrogens with one attached hydrogen (secondary N) is 1. The first-order valence-electron chi connectivity index (χ1n) is 32.0. The van der Waals surface area contributed by atoms with Crippen molar-refractivity contribution < 1.29 is 20.1 Å². The normalized spacial score (nSPS) is 13.2. The molecule has 0 bridgehead atoms. The van der Waals surface area contributed by atoms with Crippen molar-refractivity contribution in [3.8, 4) is 0 Å². The largest absolute Gasteiger partial charge is 0.394 e. The summed E-state index contributed by atoms with van der Waals surface area (Å²) in [5, 5.41) is 33.9. The molecule has 0 saturated carbocycles. The number of aliphatic hydroxyl groups excluding tert-OH is 3. The summed E-state index contributed by atoms with van der Waals surface area (Å²) in [6.45, 7) is 4.23. The standard InChI is InChI=1S/C64H127NO4/c1-3-5-7-9-11-13-15-17-19-21-23-25-27-28-29-30-31-32-33-34-35-37-39-41-43-45-47-49-51-53-55-57-59-63(68)65-61(60-66)64(69)62(67)58-56-54-52-50-48-46-44-42-40-38-36-26-24-22-20-18-16-14-12-10-8-6-4-2/h28-29,61-62,64,66-67,69H,3-27,30-60H2,1-2H3,(H,65,68)/b29-28-. The van der Waals surface area contributed by atoms with Crippen LogP contribution < -0.4 is 5.32 Å². The lowest BCUT2D eigenvalue weighted by Gasteiger charge is -2.26. The molecule has 0 rings (SSSR count). The molecule has 0 aliphatic rings. The highest BCUT2D eigenvalue weighted by atomic mass is 16.3. The SMILES string of the molecule is CCCCCCCCCCCCCC/C=C\CCCCCCCCCCCCCCCCCCC(=O)NC(CO)C(O)C(O)CCCCCCCCCCCCCCCCCCCCCCCCC. The molecule has 0 fully saturated rings. The van der Waals surface area contributed by atoms with Crippen LogP contribution >= 0.6 is 0 Å². The maximum Gasteiger partial charge on any atom is 0.220 e. The Hall–Kier alpha value is -0.910. The van der Waals surface area contributed by atoms with E-state index in [4.69, 9.17) is 0 Å². The van der Waals surface area contributed by atoms with Gasteiger partial charge in [0.25, 0.3) is 0 Å². The van der Waals surface area contributed by atoms with Gasteiger partial charge in [-0.15, -0.1) is 0 Å². The summed E-state index contributed by atoms with van der Waals surface area (Å²) < 4.78 is 0. The molecule has 0 aromatic carbocycles. The monoisotopic (exact) mass is 974 g/mol. The van der Waals surface area contributed by atoms with Gasteiger partial charge >= 0.3 is 0 Å². The van der Waals surface area contributed by atoms with E-state index in [0.29, 0.717) is 12.8 Å². The van der Waals surface area contributed by atoms with E-state index >= 15 is 0 Å². The zero-order valence-electron chi connectivity index (χ0n) is 47.2. The van der Waals surface area contributed by atoms with Crippen molar-refractivity contribution in [2.75, 3.05) is 6.61 Å². The van der Waals surface area contributed by atoms with E-state index in [1.54, 1.807) is 0 Å². The van der Waals surface area contributed by atoms with Crippen LogP contribution in [0.3, 0.4) is 0 Å². The van der Waals surface area contributed by atoms with Gasteiger partial charge in [0.05, 0.1) is 18.8 Å². The quantitative estimate of drug-likeness (QED) is 0.0361. The molecule has 0 aliphatic heterocycles. The van der Waals surface area contributed by atoms with Crippen molar-refractivity contribution in [3.63, 3.8) is 0 Å².